The first-order valence-electron chi connectivity index (χ1n) is 9.04. The smallest absolute Gasteiger partial charge is 0.336 e. The van der Waals surface area contributed by atoms with E-state index in [-0.39, 0.29) is 17.5 Å². The van der Waals surface area contributed by atoms with Crippen LogP contribution in [0.25, 0.3) is 10.8 Å². The zero-order chi connectivity index (χ0) is 19.5. The highest BCUT2D eigenvalue weighted by atomic mass is 16.5. The zero-order valence-corrected chi connectivity index (χ0v) is 15.0. The third kappa shape index (κ3) is 3.79. The van der Waals surface area contributed by atoms with Crippen molar-refractivity contribution < 1.29 is 19.4 Å². The van der Waals surface area contributed by atoms with Gasteiger partial charge in [-0.2, -0.15) is 0 Å². The molecule has 1 aliphatic rings. The number of ether oxygens (including phenoxy) is 1. The Morgan fingerprint density at radius 2 is 2.00 bits per heavy atom. The lowest BCUT2D eigenvalue weighted by molar-refractivity contribution is -0.117. The fraction of sp³-hybridized carbons (Fsp3) is 0.190. The van der Waals surface area contributed by atoms with Crippen LogP contribution in [0.1, 0.15) is 23.2 Å². The second kappa shape index (κ2) is 7.66. The number of fused-ring (bicyclic) bond motifs is 1. The van der Waals surface area contributed by atoms with Gasteiger partial charge in [-0.05, 0) is 60.5 Å². The van der Waals surface area contributed by atoms with Crippen LogP contribution in [0.5, 0.6) is 11.5 Å². The second-order valence-electron chi connectivity index (χ2n) is 6.61. The Labute approximate surface area is 161 Å². The molecule has 1 aromatic heterocycles. The van der Waals surface area contributed by atoms with Crippen LogP contribution in [0.15, 0.2) is 54.7 Å². The number of carbonyl (C=O) groups is 2. The number of hydrogen-bond acceptors (Lipinski definition) is 5. The van der Waals surface area contributed by atoms with E-state index in [0.717, 1.165) is 24.8 Å². The van der Waals surface area contributed by atoms with Crippen LogP contribution in [-0.2, 0) is 4.79 Å². The number of rotatable bonds is 5. The van der Waals surface area contributed by atoms with E-state index >= 15 is 0 Å². The summed E-state index contributed by atoms with van der Waals surface area (Å²) in [5.74, 6) is 0.444. The van der Waals surface area contributed by atoms with Crippen LogP contribution < -0.4 is 15.4 Å². The van der Waals surface area contributed by atoms with Crippen molar-refractivity contribution in [3.05, 3.63) is 60.3 Å². The van der Waals surface area contributed by atoms with Gasteiger partial charge < -0.3 is 20.5 Å². The van der Waals surface area contributed by atoms with E-state index in [9.17, 15) is 14.7 Å². The monoisotopic (exact) mass is 377 g/mol. The van der Waals surface area contributed by atoms with E-state index in [1.165, 1.54) is 0 Å². The summed E-state index contributed by atoms with van der Waals surface area (Å²) < 4.78 is 5.88. The van der Waals surface area contributed by atoms with Crippen LogP contribution in [0.3, 0.4) is 0 Å². The minimum atomic E-state index is -0.967. The molecule has 0 saturated carbocycles. The quantitative estimate of drug-likeness (QED) is 0.630. The largest absolute Gasteiger partial charge is 0.478 e. The average molecular weight is 377 g/mol. The number of amides is 1. The highest BCUT2D eigenvalue weighted by Gasteiger charge is 2.22. The maximum Gasteiger partial charge on any atom is 0.336 e. The summed E-state index contributed by atoms with van der Waals surface area (Å²) in [6, 6.07) is 13.5. The Morgan fingerprint density at radius 1 is 1.14 bits per heavy atom. The third-order valence-electron chi connectivity index (χ3n) is 4.68. The van der Waals surface area contributed by atoms with Crippen LogP contribution in [0, 0.1) is 0 Å². The summed E-state index contributed by atoms with van der Waals surface area (Å²) in [4.78, 5) is 27.7. The number of carboxylic acid groups (broad SMARTS) is 1. The Balaban J connectivity index is 1.52. The second-order valence-corrected chi connectivity index (χ2v) is 6.61. The van der Waals surface area contributed by atoms with Crippen molar-refractivity contribution in [3.8, 4) is 11.5 Å². The SMILES string of the molecule is O=C(O)c1cccc2cc(Oc3ccnc(NC(=O)[C@@H]4CCCN4)c3)ccc12. The topological polar surface area (TPSA) is 101 Å². The Hall–Kier alpha value is -3.45. The molecule has 28 heavy (non-hydrogen) atoms. The van der Waals surface area contributed by atoms with Gasteiger partial charge in [0.1, 0.15) is 17.3 Å². The molecule has 2 aromatic carbocycles. The van der Waals surface area contributed by atoms with Gasteiger partial charge in [-0.1, -0.05) is 12.1 Å². The van der Waals surface area contributed by atoms with Gasteiger partial charge in [-0.15, -0.1) is 0 Å². The number of carboxylic acids is 1. The minimum Gasteiger partial charge on any atom is -0.478 e. The Kier molecular flexibility index (Phi) is 4.90. The van der Waals surface area contributed by atoms with Crippen molar-refractivity contribution in [3.63, 3.8) is 0 Å². The molecule has 0 unspecified atom stereocenters. The number of pyridine rings is 1. The molecule has 1 amide bonds. The molecule has 3 aromatic rings. The molecule has 142 valence electrons. The van der Waals surface area contributed by atoms with Crippen molar-refractivity contribution in [1.82, 2.24) is 10.3 Å². The van der Waals surface area contributed by atoms with Gasteiger partial charge in [0, 0.05) is 12.3 Å². The summed E-state index contributed by atoms with van der Waals surface area (Å²) >= 11 is 0. The van der Waals surface area contributed by atoms with E-state index in [1.54, 1.807) is 48.7 Å². The average Bonchev–Trinajstić information content (AvgIpc) is 3.22. The van der Waals surface area contributed by atoms with Crippen molar-refractivity contribution in [2.24, 2.45) is 0 Å². The van der Waals surface area contributed by atoms with Crippen molar-refractivity contribution in [1.29, 1.82) is 0 Å². The van der Waals surface area contributed by atoms with E-state index < -0.39 is 5.97 Å². The molecular weight excluding hydrogens is 358 g/mol. The normalized spacial score (nSPS) is 16.1. The molecule has 1 fully saturated rings. The van der Waals surface area contributed by atoms with Crippen molar-refractivity contribution in [2.75, 3.05) is 11.9 Å². The highest BCUT2D eigenvalue weighted by molar-refractivity contribution is 6.03. The van der Waals surface area contributed by atoms with Gasteiger partial charge in [0.2, 0.25) is 5.91 Å². The molecule has 1 atom stereocenters. The standard InChI is InChI=1S/C21H19N3O4/c25-20(18-5-2-9-22-18)24-19-12-15(8-10-23-19)28-14-6-7-16-13(11-14)3-1-4-17(16)21(26)27/h1,3-4,6-8,10-12,18,22H,2,5,9H2,(H,26,27)(H,23,24,25)/t18-/m0/s1. The first kappa shape index (κ1) is 17.9. The molecule has 1 saturated heterocycles. The number of nitrogens with zero attached hydrogens (tertiary/aromatic N) is 1. The van der Waals surface area contributed by atoms with E-state index in [4.69, 9.17) is 4.74 Å². The number of carbonyl (C=O) groups excluding carboxylic acids is 1. The van der Waals surface area contributed by atoms with Crippen LogP contribution in [0.2, 0.25) is 0 Å². The van der Waals surface area contributed by atoms with Gasteiger partial charge in [-0.25, -0.2) is 9.78 Å². The van der Waals surface area contributed by atoms with Crippen molar-refractivity contribution >= 4 is 28.5 Å². The lowest BCUT2D eigenvalue weighted by atomic mass is 10.0. The molecule has 1 aliphatic heterocycles. The predicted molar refractivity (Wildman–Crippen MR) is 105 cm³/mol. The number of benzene rings is 2. The molecule has 3 N–H and O–H groups in total. The van der Waals surface area contributed by atoms with E-state index in [0.29, 0.717) is 22.7 Å². The predicted octanol–water partition coefficient (Wildman–Crippen LogP) is 3.42. The molecule has 0 aliphatic carbocycles. The lowest BCUT2D eigenvalue weighted by Gasteiger charge is -2.12. The Morgan fingerprint density at radius 3 is 2.79 bits per heavy atom. The third-order valence-corrected chi connectivity index (χ3v) is 4.68. The summed E-state index contributed by atoms with van der Waals surface area (Å²) in [5, 5.41) is 16.7. The fourth-order valence-electron chi connectivity index (χ4n) is 3.31. The molecule has 7 nitrogen and oxygen atoms in total. The summed E-state index contributed by atoms with van der Waals surface area (Å²) in [6.45, 7) is 0.847. The summed E-state index contributed by atoms with van der Waals surface area (Å²) in [6.07, 6.45) is 3.37. The number of aromatic nitrogens is 1. The molecular formula is C21H19N3O4. The van der Waals surface area contributed by atoms with Gasteiger partial charge in [0.25, 0.3) is 0 Å². The number of hydrogen-bond donors (Lipinski definition) is 3. The lowest BCUT2D eigenvalue weighted by Crippen LogP contribution is -2.35. The molecule has 0 bridgehead atoms. The van der Waals surface area contributed by atoms with Crippen LogP contribution in [-0.4, -0.2) is 34.6 Å². The molecule has 0 radical (unpaired) electrons. The molecule has 2 heterocycles. The summed E-state index contributed by atoms with van der Waals surface area (Å²) in [5.41, 5.74) is 0.249. The van der Waals surface area contributed by atoms with Gasteiger partial charge in [-0.3, -0.25) is 4.79 Å². The number of anilines is 1. The Bertz CT molecular complexity index is 1040. The van der Waals surface area contributed by atoms with Crippen molar-refractivity contribution in [2.45, 2.75) is 18.9 Å². The maximum atomic E-state index is 12.2. The van der Waals surface area contributed by atoms with Crippen LogP contribution in [0.4, 0.5) is 5.82 Å². The van der Waals surface area contributed by atoms with Crippen LogP contribution >= 0.6 is 0 Å². The van der Waals surface area contributed by atoms with Gasteiger partial charge in [0.05, 0.1) is 11.6 Å². The first-order chi connectivity index (χ1) is 13.6. The minimum absolute atomic E-state index is 0.103. The highest BCUT2D eigenvalue weighted by Crippen LogP contribution is 2.28. The first-order valence-corrected chi connectivity index (χ1v) is 9.04. The molecule has 0 spiro atoms. The summed E-state index contributed by atoms with van der Waals surface area (Å²) in [7, 11) is 0. The maximum absolute atomic E-state index is 12.2. The zero-order valence-electron chi connectivity index (χ0n) is 15.0. The fourth-order valence-corrected chi connectivity index (χ4v) is 3.31. The van der Waals surface area contributed by atoms with Gasteiger partial charge >= 0.3 is 5.97 Å². The number of nitrogens with one attached hydrogen (secondary N) is 2. The van der Waals surface area contributed by atoms with E-state index in [1.807, 2.05) is 6.07 Å². The van der Waals surface area contributed by atoms with Gasteiger partial charge in [0.15, 0.2) is 0 Å². The number of aromatic carboxylic acids is 1. The van der Waals surface area contributed by atoms with E-state index in [2.05, 4.69) is 15.6 Å². The molecule has 4 rings (SSSR count). The molecule has 7 heteroatoms.